The third-order valence-corrected chi connectivity index (χ3v) is 7.81. The minimum Gasteiger partial charge on any atom is -0.507 e. The highest BCUT2D eigenvalue weighted by atomic mass is 16.5. The van der Waals surface area contributed by atoms with Crippen molar-refractivity contribution >= 4 is 17.4 Å². The van der Waals surface area contributed by atoms with E-state index in [1.807, 2.05) is 30.3 Å². The summed E-state index contributed by atoms with van der Waals surface area (Å²) < 4.78 is 23.9. The third-order valence-electron chi connectivity index (χ3n) is 7.81. The first-order chi connectivity index (χ1) is 20.4. The van der Waals surface area contributed by atoms with Crippen molar-refractivity contribution in [3.8, 4) is 22.9 Å². The molecule has 11 heteroatoms. The van der Waals surface area contributed by atoms with Crippen LogP contribution < -0.4 is 14.2 Å². The number of amides is 1. The quantitative estimate of drug-likeness (QED) is 0.220. The number of likely N-dealkylation sites (tertiary alicyclic amines) is 1. The Bertz CT molecular complexity index is 1480. The van der Waals surface area contributed by atoms with Crippen LogP contribution in [-0.4, -0.2) is 97.1 Å². The molecule has 11 nitrogen and oxygen atoms in total. The summed E-state index contributed by atoms with van der Waals surface area (Å²) in [5, 5.41) is 16.2. The van der Waals surface area contributed by atoms with Crippen LogP contribution in [0.3, 0.4) is 0 Å². The molecule has 0 aliphatic carbocycles. The SMILES string of the molecule is COc1cc(OC)c(C2/C(=C(\O)c3cnn(-c4ccccc4)c3C)C(=O)C(=O)N2CCCN2CCOCC2)cc1OC. The lowest BCUT2D eigenvalue weighted by Crippen LogP contribution is -2.39. The van der Waals surface area contributed by atoms with E-state index in [0.717, 1.165) is 25.3 Å². The van der Waals surface area contributed by atoms with Gasteiger partial charge in [0.1, 0.15) is 11.5 Å². The van der Waals surface area contributed by atoms with Crippen LogP contribution in [0.4, 0.5) is 0 Å². The van der Waals surface area contributed by atoms with Crippen molar-refractivity contribution in [3.05, 3.63) is 71.1 Å². The number of methoxy groups -OCH3 is 3. The van der Waals surface area contributed by atoms with Crippen molar-refractivity contribution in [2.45, 2.75) is 19.4 Å². The lowest BCUT2D eigenvalue weighted by Gasteiger charge is -2.30. The van der Waals surface area contributed by atoms with Crippen molar-refractivity contribution in [1.82, 2.24) is 19.6 Å². The molecular weight excluding hydrogens is 540 g/mol. The molecule has 0 radical (unpaired) electrons. The average Bonchev–Trinajstić information content (AvgIpc) is 3.53. The molecule has 5 rings (SSSR count). The van der Waals surface area contributed by atoms with E-state index < -0.39 is 17.7 Å². The van der Waals surface area contributed by atoms with Gasteiger partial charge in [-0.2, -0.15) is 5.10 Å². The monoisotopic (exact) mass is 576 g/mol. The number of morpholine rings is 1. The van der Waals surface area contributed by atoms with Gasteiger partial charge in [0.15, 0.2) is 11.5 Å². The van der Waals surface area contributed by atoms with E-state index in [2.05, 4.69) is 10.00 Å². The molecule has 0 spiro atoms. The molecule has 3 heterocycles. The normalized spacial score (nSPS) is 18.9. The maximum atomic E-state index is 13.7. The molecular formula is C31H36N4O7. The molecule has 222 valence electrons. The van der Waals surface area contributed by atoms with Crippen molar-refractivity contribution in [3.63, 3.8) is 0 Å². The van der Waals surface area contributed by atoms with Crippen LogP contribution >= 0.6 is 0 Å². The second kappa shape index (κ2) is 12.7. The molecule has 2 saturated heterocycles. The van der Waals surface area contributed by atoms with Gasteiger partial charge in [-0.25, -0.2) is 4.68 Å². The highest BCUT2D eigenvalue weighted by Gasteiger charge is 2.47. The molecule has 1 N–H and O–H groups in total. The van der Waals surface area contributed by atoms with Crippen LogP contribution in [0.5, 0.6) is 17.2 Å². The van der Waals surface area contributed by atoms with Gasteiger partial charge in [-0.1, -0.05) is 18.2 Å². The standard InChI is InChI=1S/C31H36N4O7/c1-20-23(19-32-35(20)21-9-6-5-7-10-21)29(36)27-28(22-17-25(40-3)26(41-4)18-24(22)39-2)34(31(38)30(27)37)12-8-11-33-13-15-42-16-14-33/h5-7,9-10,17-19,28,36H,8,11-16H2,1-4H3/b29-27+. The molecule has 1 atom stereocenters. The largest absolute Gasteiger partial charge is 0.507 e. The number of carbonyl (C=O) groups excluding carboxylic acids is 2. The van der Waals surface area contributed by atoms with E-state index in [-0.39, 0.29) is 11.3 Å². The summed E-state index contributed by atoms with van der Waals surface area (Å²) >= 11 is 0. The van der Waals surface area contributed by atoms with Crippen LogP contribution in [0.2, 0.25) is 0 Å². The second-order valence-electron chi connectivity index (χ2n) is 10.1. The molecule has 2 fully saturated rings. The first kappa shape index (κ1) is 29.2. The van der Waals surface area contributed by atoms with E-state index in [1.165, 1.54) is 32.4 Å². The lowest BCUT2D eigenvalue weighted by molar-refractivity contribution is -0.140. The number of para-hydroxylation sites is 1. The second-order valence-corrected chi connectivity index (χ2v) is 10.1. The van der Waals surface area contributed by atoms with Gasteiger partial charge in [-0.3, -0.25) is 14.5 Å². The number of benzene rings is 2. The molecule has 2 aliphatic heterocycles. The Balaban J connectivity index is 1.60. The zero-order valence-electron chi connectivity index (χ0n) is 24.3. The van der Waals surface area contributed by atoms with Crippen LogP contribution in [-0.2, 0) is 14.3 Å². The van der Waals surface area contributed by atoms with E-state index in [0.29, 0.717) is 60.2 Å². The molecule has 2 aromatic carbocycles. The van der Waals surface area contributed by atoms with E-state index in [4.69, 9.17) is 18.9 Å². The van der Waals surface area contributed by atoms with Gasteiger partial charge in [-0.05, 0) is 31.5 Å². The third kappa shape index (κ3) is 5.45. The summed E-state index contributed by atoms with van der Waals surface area (Å²) in [4.78, 5) is 31.1. The first-order valence-corrected chi connectivity index (χ1v) is 13.9. The van der Waals surface area contributed by atoms with E-state index in [9.17, 15) is 14.7 Å². The Morgan fingerprint density at radius 1 is 0.976 bits per heavy atom. The van der Waals surface area contributed by atoms with Crippen LogP contribution in [0, 0.1) is 6.92 Å². The fourth-order valence-corrected chi connectivity index (χ4v) is 5.61. The maximum Gasteiger partial charge on any atom is 0.295 e. The zero-order chi connectivity index (χ0) is 29.8. The number of carbonyl (C=O) groups is 2. The van der Waals surface area contributed by atoms with Gasteiger partial charge in [0.2, 0.25) is 0 Å². The number of hydrogen-bond acceptors (Lipinski definition) is 9. The van der Waals surface area contributed by atoms with Crippen LogP contribution in [0.25, 0.3) is 11.4 Å². The summed E-state index contributed by atoms with van der Waals surface area (Å²) in [6.45, 7) is 5.81. The van der Waals surface area contributed by atoms with Crippen molar-refractivity contribution < 1.29 is 33.6 Å². The Labute approximate surface area is 244 Å². The van der Waals surface area contributed by atoms with Gasteiger partial charge in [0.25, 0.3) is 11.7 Å². The minimum absolute atomic E-state index is 0.0346. The van der Waals surface area contributed by atoms with Gasteiger partial charge in [0, 0.05) is 37.8 Å². The van der Waals surface area contributed by atoms with Gasteiger partial charge >= 0.3 is 0 Å². The van der Waals surface area contributed by atoms with Gasteiger partial charge < -0.3 is 29.0 Å². The number of Topliss-reactive ketones (excluding diaryl/α,β-unsaturated/α-hetero) is 1. The number of aromatic nitrogens is 2. The molecule has 0 bridgehead atoms. The summed E-state index contributed by atoms with van der Waals surface area (Å²) in [5.74, 6) is -0.533. The number of hydrogen-bond donors (Lipinski definition) is 1. The topological polar surface area (TPSA) is 116 Å². The predicted octanol–water partition coefficient (Wildman–Crippen LogP) is 3.35. The fourth-order valence-electron chi connectivity index (χ4n) is 5.61. The Morgan fingerprint density at radius 3 is 2.31 bits per heavy atom. The highest BCUT2D eigenvalue weighted by Crippen LogP contribution is 2.46. The Morgan fingerprint density at radius 2 is 1.64 bits per heavy atom. The van der Waals surface area contributed by atoms with Gasteiger partial charge in [0.05, 0.1) is 69.3 Å². The number of ketones is 1. The summed E-state index contributed by atoms with van der Waals surface area (Å²) in [6, 6.07) is 11.9. The number of rotatable bonds is 10. The van der Waals surface area contributed by atoms with Gasteiger partial charge in [-0.15, -0.1) is 0 Å². The Hall–Kier alpha value is -4.35. The van der Waals surface area contributed by atoms with E-state index >= 15 is 0 Å². The molecule has 0 saturated carbocycles. The molecule has 3 aromatic rings. The van der Waals surface area contributed by atoms with E-state index in [1.54, 1.807) is 23.7 Å². The first-order valence-electron chi connectivity index (χ1n) is 13.9. The Kier molecular flexibility index (Phi) is 8.79. The number of ether oxygens (including phenoxy) is 4. The molecule has 1 amide bonds. The van der Waals surface area contributed by atoms with Crippen molar-refractivity contribution in [1.29, 1.82) is 0 Å². The smallest absolute Gasteiger partial charge is 0.295 e. The molecule has 1 aromatic heterocycles. The summed E-state index contributed by atoms with van der Waals surface area (Å²) in [5.41, 5.74) is 2.24. The average molecular weight is 577 g/mol. The van der Waals surface area contributed by atoms with Crippen LogP contribution in [0.15, 0.2) is 54.2 Å². The number of nitrogens with zero attached hydrogens (tertiary/aromatic N) is 4. The minimum atomic E-state index is -0.927. The fraction of sp³-hybridized carbons (Fsp3) is 0.387. The lowest BCUT2D eigenvalue weighted by atomic mass is 9.94. The summed E-state index contributed by atoms with van der Waals surface area (Å²) in [7, 11) is 4.53. The highest BCUT2D eigenvalue weighted by molar-refractivity contribution is 6.46. The molecule has 2 aliphatic rings. The van der Waals surface area contributed by atoms with Crippen LogP contribution in [0.1, 0.15) is 29.3 Å². The molecule has 1 unspecified atom stereocenters. The van der Waals surface area contributed by atoms with Crippen molar-refractivity contribution in [2.75, 3.05) is 60.7 Å². The molecule has 42 heavy (non-hydrogen) atoms. The zero-order valence-corrected chi connectivity index (χ0v) is 24.3. The number of aliphatic hydroxyl groups is 1. The predicted molar refractivity (Wildman–Crippen MR) is 155 cm³/mol. The van der Waals surface area contributed by atoms with Crippen molar-refractivity contribution in [2.24, 2.45) is 0 Å². The number of aliphatic hydroxyl groups excluding tert-OH is 1. The maximum absolute atomic E-state index is 13.7. The summed E-state index contributed by atoms with van der Waals surface area (Å²) in [6.07, 6.45) is 2.14.